The number of pyridine rings is 1. The highest BCUT2D eigenvalue weighted by Gasteiger charge is 2.42. The molecule has 2 aromatic heterocycles. The van der Waals surface area contributed by atoms with Crippen molar-refractivity contribution < 1.29 is 18.0 Å². The minimum atomic E-state index is -4.66. The molecule has 9 heteroatoms. The predicted molar refractivity (Wildman–Crippen MR) is 64.1 cm³/mol. The Morgan fingerprint density at radius 3 is 2.65 bits per heavy atom. The molecular formula is C11H8ClF3N4O. The maximum atomic E-state index is 13.0. The molecule has 0 bridgehead atoms. The Balaban J connectivity index is 2.26. The lowest BCUT2D eigenvalue weighted by Crippen LogP contribution is -2.38. The van der Waals surface area contributed by atoms with Gasteiger partial charge in [0.1, 0.15) is 5.69 Å². The highest BCUT2D eigenvalue weighted by atomic mass is 35.5. The minimum Gasteiger partial charge on any atom is -0.335 e. The zero-order valence-electron chi connectivity index (χ0n) is 9.78. The normalized spacial score (nSPS) is 13.0. The van der Waals surface area contributed by atoms with Gasteiger partial charge in [0, 0.05) is 18.0 Å². The number of halogens is 4. The number of hydrogen-bond acceptors (Lipinski definition) is 3. The molecule has 0 unspecified atom stereocenters. The van der Waals surface area contributed by atoms with Crippen LogP contribution in [0, 0.1) is 0 Å². The van der Waals surface area contributed by atoms with E-state index in [1.54, 1.807) is 0 Å². The number of alkyl halides is 3. The largest absolute Gasteiger partial charge is 0.412 e. The van der Waals surface area contributed by atoms with E-state index < -0.39 is 18.1 Å². The third-order valence-electron chi connectivity index (χ3n) is 2.44. The molecule has 1 amide bonds. The first-order valence-corrected chi connectivity index (χ1v) is 5.73. The van der Waals surface area contributed by atoms with Gasteiger partial charge >= 0.3 is 6.18 Å². The van der Waals surface area contributed by atoms with E-state index in [-0.39, 0.29) is 16.3 Å². The molecule has 0 radical (unpaired) electrons. The van der Waals surface area contributed by atoms with E-state index >= 15 is 0 Å². The number of nitrogens with one attached hydrogen (secondary N) is 2. The van der Waals surface area contributed by atoms with E-state index in [1.807, 2.05) is 5.32 Å². The summed E-state index contributed by atoms with van der Waals surface area (Å²) in [6.07, 6.45) is -1.16. The van der Waals surface area contributed by atoms with Crippen LogP contribution < -0.4 is 5.32 Å². The van der Waals surface area contributed by atoms with Crippen molar-refractivity contribution in [3.05, 3.63) is 47.0 Å². The van der Waals surface area contributed by atoms with Crippen LogP contribution >= 0.6 is 11.6 Å². The van der Waals surface area contributed by atoms with Crippen molar-refractivity contribution in [2.24, 2.45) is 0 Å². The number of rotatable bonds is 3. The highest BCUT2D eigenvalue weighted by molar-refractivity contribution is 6.33. The molecular weight excluding hydrogens is 297 g/mol. The van der Waals surface area contributed by atoms with Gasteiger partial charge in [-0.3, -0.25) is 14.9 Å². The third-order valence-corrected chi connectivity index (χ3v) is 2.73. The molecule has 0 aliphatic rings. The molecule has 0 fully saturated rings. The van der Waals surface area contributed by atoms with E-state index in [0.29, 0.717) is 0 Å². The Morgan fingerprint density at radius 2 is 2.15 bits per heavy atom. The minimum absolute atomic E-state index is 0.0605. The summed E-state index contributed by atoms with van der Waals surface area (Å²) in [4.78, 5) is 15.4. The Bertz CT molecular complexity index is 599. The molecule has 0 saturated carbocycles. The first kappa shape index (κ1) is 14.3. The number of aromatic nitrogens is 3. The fraction of sp³-hybridized carbons (Fsp3) is 0.182. The maximum Gasteiger partial charge on any atom is 0.412 e. The highest BCUT2D eigenvalue weighted by Crippen LogP contribution is 2.32. The van der Waals surface area contributed by atoms with Gasteiger partial charge in [-0.1, -0.05) is 17.7 Å². The lowest BCUT2D eigenvalue weighted by atomic mass is 10.1. The van der Waals surface area contributed by atoms with Crippen molar-refractivity contribution >= 4 is 17.5 Å². The van der Waals surface area contributed by atoms with Crippen LogP contribution in [0.3, 0.4) is 0 Å². The molecule has 0 aliphatic heterocycles. The molecule has 1 atom stereocenters. The summed E-state index contributed by atoms with van der Waals surface area (Å²) in [7, 11) is 0. The summed E-state index contributed by atoms with van der Waals surface area (Å²) in [6.45, 7) is 0. The van der Waals surface area contributed by atoms with Gasteiger partial charge in [-0.05, 0) is 6.07 Å². The van der Waals surface area contributed by atoms with Gasteiger partial charge in [0.15, 0.2) is 6.04 Å². The standard InChI is InChI=1S/C11H8ClF3N4O/c12-7-5-17-19-8(7)10(20)18-9(11(13,14)15)6-2-1-3-16-4-6/h1-5,9H,(H,17,19)(H,18,20)/t9-/m1/s1. The van der Waals surface area contributed by atoms with Crippen molar-refractivity contribution in [1.29, 1.82) is 0 Å². The number of aromatic amines is 1. The average molecular weight is 305 g/mol. The predicted octanol–water partition coefficient (Wildman–Crippen LogP) is 2.49. The lowest BCUT2D eigenvalue weighted by Gasteiger charge is -2.21. The Kier molecular flexibility index (Phi) is 3.93. The van der Waals surface area contributed by atoms with E-state index in [2.05, 4.69) is 15.2 Å². The van der Waals surface area contributed by atoms with Crippen LogP contribution in [-0.4, -0.2) is 27.3 Å². The fourth-order valence-corrected chi connectivity index (χ4v) is 1.71. The summed E-state index contributed by atoms with van der Waals surface area (Å²) in [5, 5.41) is 7.51. The number of amides is 1. The van der Waals surface area contributed by atoms with Crippen molar-refractivity contribution in [3.8, 4) is 0 Å². The van der Waals surface area contributed by atoms with Crippen LogP contribution in [0.5, 0.6) is 0 Å². The van der Waals surface area contributed by atoms with Gasteiger partial charge in [-0.25, -0.2) is 0 Å². The van der Waals surface area contributed by atoms with Crippen LogP contribution in [0.2, 0.25) is 5.02 Å². The molecule has 2 aromatic rings. The van der Waals surface area contributed by atoms with Crippen LogP contribution in [0.1, 0.15) is 22.1 Å². The molecule has 2 rings (SSSR count). The van der Waals surface area contributed by atoms with E-state index in [1.165, 1.54) is 18.3 Å². The summed E-state index contributed by atoms with van der Waals surface area (Å²) >= 11 is 5.63. The van der Waals surface area contributed by atoms with Crippen molar-refractivity contribution in [2.45, 2.75) is 12.2 Å². The quantitative estimate of drug-likeness (QED) is 0.915. The van der Waals surface area contributed by atoms with Crippen molar-refractivity contribution in [3.63, 3.8) is 0 Å². The lowest BCUT2D eigenvalue weighted by molar-refractivity contribution is -0.155. The Labute approximate surface area is 116 Å². The topological polar surface area (TPSA) is 70.7 Å². The van der Waals surface area contributed by atoms with Crippen LogP contribution in [0.25, 0.3) is 0 Å². The average Bonchev–Trinajstić information content (AvgIpc) is 2.82. The monoisotopic (exact) mass is 304 g/mol. The molecule has 0 aromatic carbocycles. The second kappa shape index (κ2) is 5.49. The molecule has 2 heterocycles. The van der Waals surface area contributed by atoms with Crippen LogP contribution in [0.15, 0.2) is 30.7 Å². The molecule has 106 valence electrons. The number of hydrogen-bond donors (Lipinski definition) is 2. The third kappa shape index (κ3) is 3.08. The van der Waals surface area contributed by atoms with Gasteiger partial charge in [-0.2, -0.15) is 18.3 Å². The summed E-state index contributed by atoms with van der Waals surface area (Å²) in [5.41, 5.74) is -0.409. The Morgan fingerprint density at radius 1 is 1.40 bits per heavy atom. The van der Waals surface area contributed by atoms with E-state index in [4.69, 9.17) is 11.6 Å². The van der Waals surface area contributed by atoms with Gasteiger partial charge in [0.25, 0.3) is 5.91 Å². The smallest absolute Gasteiger partial charge is 0.335 e. The SMILES string of the molecule is O=C(N[C@H](c1cccnc1)C(F)(F)F)c1[nH]ncc1Cl. The van der Waals surface area contributed by atoms with Gasteiger partial charge in [-0.15, -0.1) is 0 Å². The number of nitrogens with zero attached hydrogens (tertiary/aromatic N) is 2. The molecule has 20 heavy (non-hydrogen) atoms. The molecule has 2 N–H and O–H groups in total. The Hall–Kier alpha value is -2.09. The molecule has 0 spiro atoms. The first-order valence-electron chi connectivity index (χ1n) is 5.36. The van der Waals surface area contributed by atoms with Crippen molar-refractivity contribution in [2.75, 3.05) is 0 Å². The number of carbonyl (C=O) groups excluding carboxylic acids is 1. The molecule has 0 saturated heterocycles. The van der Waals surface area contributed by atoms with Crippen LogP contribution in [-0.2, 0) is 0 Å². The van der Waals surface area contributed by atoms with E-state index in [9.17, 15) is 18.0 Å². The van der Waals surface area contributed by atoms with Gasteiger partial charge in [0.05, 0.1) is 11.2 Å². The van der Waals surface area contributed by atoms with Crippen LogP contribution in [0.4, 0.5) is 13.2 Å². The molecule has 0 aliphatic carbocycles. The zero-order valence-corrected chi connectivity index (χ0v) is 10.5. The molecule has 5 nitrogen and oxygen atoms in total. The van der Waals surface area contributed by atoms with Gasteiger partial charge in [0.2, 0.25) is 0 Å². The summed E-state index contributed by atoms with van der Waals surface area (Å²) in [5.74, 6) is -1.00. The maximum absolute atomic E-state index is 13.0. The second-order valence-electron chi connectivity index (χ2n) is 3.83. The van der Waals surface area contributed by atoms with Crippen molar-refractivity contribution in [1.82, 2.24) is 20.5 Å². The zero-order chi connectivity index (χ0) is 14.8. The number of carbonyl (C=O) groups is 1. The second-order valence-corrected chi connectivity index (χ2v) is 4.23. The van der Waals surface area contributed by atoms with E-state index in [0.717, 1.165) is 12.4 Å². The summed E-state index contributed by atoms with van der Waals surface area (Å²) in [6, 6.07) is 0.395. The number of H-pyrrole nitrogens is 1. The summed E-state index contributed by atoms with van der Waals surface area (Å²) < 4.78 is 39.0. The fourth-order valence-electron chi connectivity index (χ4n) is 1.53. The van der Waals surface area contributed by atoms with Gasteiger partial charge < -0.3 is 5.32 Å². The first-order chi connectivity index (χ1) is 9.39.